The number of hydrogen-bond acceptors (Lipinski definition) is 1. The van der Waals surface area contributed by atoms with E-state index in [0.29, 0.717) is 5.54 Å². The Kier molecular flexibility index (Phi) is 1.81. The van der Waals surface area contributed by atoms with Crippen LogP contribution in [-0.4, -0.2) is 23.5 Å². The highest BCUT2D eigenvalue weighted by molar-refractivity contribution is 5.13. The van der Waals surface area contributed by atoms with E-state index in [0.717, 1.165) is 11.3 Å². The third-order valence-corrected chi connectivity index (χ3v) is 4.72. The fraction of sp³-hybridized carbons (Fsp3) is 1.00. The van der Waals surface area contributed by atoms with E-state index >= 15 is 0 Å². The van der Waals surface area contributed by atoms with E-state index in [9.17, 15) is 0 Å². The molecule has 2 saturated heterocycles. The van der Waals surface area contributed by atoms with Gasteiger partial charge in [0.2, 0.25) is 0 Å². The Labute approximate surface area is 87.9 Å². The highest BCUT2D eigenvalue weighted by atomic mass is 15.3. The molecule has 3 aliphatic rings. The lowest BCUT2D eigenvalue weighted by atomic mass is 9.82. The Hall–Kier alpha value is -0.0400. The molecule has 1 aliphatic carbocycles. The average molecular weight is 193 g/mol. The van der Waals surface area contributed by atoms with Gasteiger partial charge in [0, 0.05) is 12.1 Å². The molecule has 0 aromatic carbocycles. The molecule has 3 fully saturated rings. The Morgan fingerprint density at radius 2 is 2.00 bits per heavy atom. The molecule has 0 amide bonds. The van der Waals surface area contributed by atoms with Crippen LogP contribution >= 0.6 is 0 Å². The normalized spacial score (nSPS) is 39.6. The topological polar surface area (TPSA) is 3.24 Å². The fourth-order valence-corrected chi connectivity index (χ4v) is 4.17. The summed E-state index contributed by atoms with van der Waals surface area (Å²) in [5.41, 5.74) is 1.47. The highest BCUT2D eigenvalue weighted by Crippen LogP contribution is 2.61. The fourth-order valence-electron chi connectivity index (χ4n) is 4.17. The van der Waals surface area contributed by atoms with Crippen LogP contribution in [0, 0.1) is 11.3 Å². The van der Waals surface area contributed by atoms with Gasteiger partial charge in [-0.3, -0.25) is 4.90 Å². The van der Waals surface area contributed by atoms with Crippen LogP contribution < -0.4 is 0 Å². The monoisotopic (exact) mass is 193 g/mol. The molecule has 1 spiro atoms. The second kappa shape index (κ2) is 2.75. The van der Waals surface area contributed by atoms with Crippen molar-refractivity contribution in [2.75, 3.05) is 13.1 Å². The summed E-state index contributed by atoms with van der Waals surface area (Å²) < 4.78 is 0. The quantitative estimate of drug-likeness (QED) is 0.651. The maximum absolute atomic E-state index is 2.85. The average Bonchev–Trinajstić information content (AvgIpc) is 2.59. The van der Waals surface area contributed by atoms with Crippen molar-refractivity contribution in [1.29, 1.82) is 0 Å². The van der Waals surface area contributed by atoms with Crippen LogP contribution in [0.2, 0.25) is 0 Å². The van der Waals surface area contributed by atoms with E-state index in [1.165, 1.54) is 51.6 Å². The van der Waals surface area contributed by atoms with Crippen LogP contribution in [-0.2, 0) is 0 Å². The third-order valence-electron chi connectivity index (χ3n) is 4.72. The molecule has 0 N–H and O–H groups in total. The molecule has 14 heavy (non-hydrogen) atoms. The number of hydrogen-bond donors (Lipinski definition) is 0. The highest BCUT2D eigenvalue weighted by Gasteiger charge is 2.59. The van der Waals surface area contributed by atoms with Gasteiger partial charge in [0.1, 0.15) is 0 Å². The minimum atomic E-state index is 0.657. The van der Waals surface area contributed by atoms with Crippen LogP contribution in [0.4, 0.5) is 0 Å². The van der Waals surface area contributed by atoms with Crippen molar-refractivity contribution >= 4 is 0 Å². The van der Waals surface area contributed by atoms with E-state index in [-0.39, 0.29) is 0 Å². The summed E-state index contributed by atoms with van der Waals surface area (Å²) in [6.45, 7) is 7.63. The summed E-state index contributed by atoms with van der Waals surface area (Å²) >= 11 is 0. The lowest BCUT2D eigenvalue weighted by molar-refractivity contribution is 0.163. The molecule has 80 valence electrons. The van der Waals surface area contributed by atoms with E-state index in [4.69, 9.17) is 0 Å². The van der Waals surface area contributed by atoms with Crippen molar-refractivity contribution in [2.24, 2.45) is 11.3 Å². The molecule has 0 unspecified atom stereocenters. The predicted molar refractivity (Wildman–Crippen MR) is 59.3 cm³/mol. The molecule has 2 aliphatic heterocycles. The molecule has 2 heterocycles. The van der Waals surface area contributed by atoms with Crippen LogP contribution in [0.25, 0.3) is 0 Å². The van der Waals surface area contributed by atoms with Gasteiger partial charge >= 0.3 is 0 Å². The van der Waals surface area contributed by atoms with Gasteiger partial charge in [0.05, 0.1) is 0 Å². The van der Waals surface area contributed by atoms with Gasteiger partial charge in [0.15, 0.2) is 0 Å². The van der Waals surface area contributed by atoms with Gasteiger partial charge in [-0.25, -0.2) is 0 Å². The van der Waals surface area contributed by atoms with Gasteiger partial charge < -0.3 is 0 Å². The molecule has 1 atom stereocenters. The Morgan fingerprint density at radius 3 is 2.64 bits per heavy atom. The summed E-state index contributed by atoms with van der Waals surface area (Å²) in [6, 6.07) is 0. The van der Waals surface area contributed by atoms with Gasteiger partial charge in [-0.15, -0.1) is 0 Å². The van der Waals surface area contributed by atoms with Crippen LogP contribution in [0.15, 0.2) is 0 Å². The van der Waals surface area contributed by atoms with Crippen molar-refractivity contribution < 1.29 is 0 Å². The largest absolute Gasteiger partial charge is 0.297 e. The molecule has 1 heteroatoms. The third kappa shape index (κ3) is 1.25. The summed E-state index contributed by atoms with van der Waals surface area (Å²) in [7, 11) is 0. The molecular formula is C13H23N. The molecule has 1 nitrogen and oxygen atoms in total. The first-order valence-electron chi connectivity index (χ1n) is 6.39. The molecular weight excluding hydrogens is 170 g/mol. The summed E-state index contributed by atoms with van der Waals surface area (Å²) in [5, 5.41) is 0. The molecule has 0 bridgehead atoms. The maximum Gasteiger partial charge on any atom is 0.0218 e. The Balaban J connectivity index is 1.81. The molecule has 3 rings (SSSR count). The molecule has 0 aromatic rings. The first-order chi connectivity index (χ1) is 6.64. The lowest BCUT2D eigenvalue weighted by Gasteiger charge is -2.33. The van der Waals surface area contributed by atoms with Crippen molar-refractivity contribution in [3.05, 3.63) is 0 Å². The minimum Gasteiger partial charge on any atom is -0.297 e. The van der Waals surface area contributed by atoms with Gasteiger partial charge in [-0.05, 0) is 56.4 Å². The Morgan fingerprint density at radius 1 is 1.21 bits per heavy atom. The van der Waals surface area contributed by atoms with Crippen molar-refractivity contribution in [3.8, 4) is 0 Å². The zero-order chi connectivity index (χ0) is 9.81. The molecule has 0 aromatic heterocycles. The summed E-state index contributed by atoms with van der Waals surface area (Å²) in [5.74, 6) is 0.879. The molecule has 0 radical (unpaired) electrons. The zero-order valence-electron chi connectivity index (χ0n) is 9.68. The predicted octanol–water partition coefficient (Wildman–Crippen LogP) is 3.05. The van der Waals surface area contributed by atoms with Gasteiger partial charge in [0.25, 0.3) is 0 Å². The second-order valence-corrected chi connectivity index (χ2v) is 6.52. The van der Waals surface area contributed by atoms with Crippen molar-refractivity contribution in [2.45, 2.75) is 57.9 Å². The number of rotatable bonds is 2. The first kappa shape index (κ1) is 9.21. The second-order valence-electron chi connectivity index (χ2n) is 6.52. The number of nitrogens with zero attached hydrogens (tertiary/aromatic N) is 1. The zero-order valence-corrected chi connectivity index (χ0v) is 9.68. The van der Waals surface area contributed by atoms with E-state index < -0.39 is 0 Å². The summed E-state index contributed by atoms with van der Waals surface area (Å²) in [6.07, 6.45) is 9.01. The SMILES string of the molecule is CC(C)C[C@@]12CCCN1CC1(CC1)C2. The molecule has 1 saturated carbocycles. The minimum absolute atomic E-state index is 0.657. The number of fused-ring (bicyclic) bond motifs is 1. The smallest absolute Gasteiger partial charge is 0.0218 e. The van der Waals surface area contributed by atoms with Crippen molar-refractivity contribution in [3.63, 3.8) is 0 Å². The van der Waals surface area contributed by atoms with E-state index in [1.54, 1.807) is 0 Å². The van der Waals surface area contributed by atoms with E-state index in [2.05, 4.69) is 18.7 Å². The standard InChI is InChI=1S/C13H23N/c1-11(2)8-13-4-3-7-14(13)10-12(9-13)5-6-12/h11H,3-10H2,1-2H3/t13-/m1/s1. The van der Waals surface area contributed by atoms with Gasteiger partial charge in [-0.1, -0.05) is 13.8 Å². The van der Waals surface area contributed by atoms with Gasteiger partial charge in [-0.2, -0.15) is 0 Å². The lowest BCUT2D eigenvalue weighted by Crippen LogP contribution is -2.39. The first-order valence-corrected chi connectivity index (χ1v) is 6.39. The Bertz CT molecular complexity index is 242. The summed E-state index contributed by atoms with van der Waals surface area (Å²) in [4.78, 5) is 2.85. The van der Waals surface area contributed by atoms with Crippen molar-refractivity contribution in [1.82, 2.24) is 4.90 Å². The van der Waals surface area contributed by atoms with Crippen LogP contribution in [0.1, 0.15) is 52.4 Å². The van der Waals surface area contributed by atoms with Crippen LogP contribution in [0.5, 0.6) is 0 Å². The van der Waals surface area contributed by atoms with Crippen LogP contribution in [0.3, 0.4) is 0 Å². The van der Waals surface area contributed by atoms with E-state index in [1.807, 2.05) is 0 Å². The maximum atomic E-state index is 2.85.